The van der Waals surface area contributed by atoms with Crippen molar-refractivity contribution in [1.29, 1.82) is 0 Å². The van der Waals surface area contributed by atoms with Crippen molar-refractivity contribution >= 4 is 21.7 Å². The molecule has 0 spiro atoms. The Bertz CT molecular complexity index is 523. The third-order valence-corrected chi connectivity index (χ3v) is 3.55. The summed E-state index contributed by atoms with van der Waals surface area (Å²) in [6, 6.07) is 2.02. The Kier molecular flexibility index (Phi) is 4.30. The van der Waals surface area contributed by atoms with E-state index in [1.54, 1.807) is 6.33 Å². The van der Waals surface area contributed by atoms with Gasteiger partial charge in [0.25, 0.3) is 0 Å². The van der Waals surface area contributed by atoms with Crippen LogP contribution in [0.15, 0.2) is 23.1 Å². The van der Waals surface area contributed by atoms with Gasteiger partial charge in [-0.1, -0.05) is 6.92 Å². The smallest absolute Gasteiger partial charge is 0.132 e. The summed E-state index contributed by atoms with van der Waals surface area (Å²) < 4.78 is 3.08. The highest BCUT2D eigenvalue weighted by atomic mass is 79.9. The summed E-state index contributed by atoms with van der Waals surface area (Å²) in [4.78, 5) is 4.30. The number of nitrogens with zero attached hydrogens (tertiary/aromatic N) is 4. The van der Waals surface area contributed by atoms with Crippen LogP contribution >= 0.6 is 15.9 Å². The topological polar surface area (TPSA) is 55.6 Å². The first-order valence-corrected chi connectivity index (χ1v) is 6.72. The van der Waals surface area contributed by atoms with E-state index in [0.717, 1.165) is 35.6 Å². The molecule has 0 bridgehead atoms. The Labute approximate surface area is 115 Å². The van der Waals surface area contributed by atoms with Gasteiger partial charge in [-0.25, -0.2) is 4.98 Å². The molecule has 0 fully saturated rings. The van der Waals surface area contributed by atoms with Crippen LogP contribution in [-0.4, -0.2) is 26.3 Å². The second kappa shape index (κ2) is 5.95. The van der Waals surface area contributed by atoms with Gasteiger partial charge in [0, 0.05) is 30.2 Å². The first kappa shape index (κ1) is 13.0. The van der Waals surface area contributed by atoms with E-state index in [1.807, 2.05) is 19.2 Å². The Morgan fingerprint density at radius 2 is 2.28 bits per heavy atom. The maximum Gasteiger partial charge on any atom is 0.132 e. The van der Waals surface area contributed by atoms with Crippen molar-refractivity contribution in [2.24, 2.45) is 0 Å². The van der Waals surface area contributed by atoms with Crippen LogP contribution < -0.4 is 5.32 Å². The van der Waals surface area contributed by atoms with Gasteiger partial charge < -0.3 is 9.88 Å². The minimum Gasteiger partial charge on any atom is -0.368 e. The summed E-state index contributed by atoms with van der Waals surface area (Å²) >= 11 is 3.44. The molecule has 0 aliphatic carbocycles. The molecule has 0 radical (unpaired) electrons. The van der Waals surface area contributed by atoms with E-state index in [9.17, 15) is 0 Å². The molecule has 5 nitrogen and oxygen atoms in total. The number of rotatable bonds is 5. The maximum absolute atomic E-state index is 4.30. The van der Waals surface area contributed by atoms with Crippen LogP contribution in [0.4, 0.5) is 5.82 Å². The molecule has 0 unspecified atom stereocenters. The van der Waals surface area contributed by atoms with Gasteiger partial charge in [-0.15, -0.1) is 10.2 Å². The lowest BCUT2D eigenvalue weighted by molar-refractivity contribution is 0.679. The maximum atomic E-state index is 4.30. The van der Waals surface area contributed by atoms with Crippen molar-refractivity contribution in [3.05, 3.63) is 34.5 Å². The second-order valence-electron chi connectivity index (χ2n) is 4.04. The predicted molar refractivity (Wildman–Crippen MR) is 74.6 cm³/mol. The Hall–Kier alpha value is -1.43. The van der Waals surface area contributed by atoms with E-state index >= 15 is 0 Å². The van der Waals surface area contributed by atoms with Gasteiger partial charge in [0.05, 0.1) is 0 Å². The standard InChI is InChI=1S/C12H16BrN5/c1-3-12-17-16-8-18(12)5-4-14-11-6-9(2)10(13)7-15-11/h6-8H,3-5H2,1-2H3,(H,14,15). The van der Waals surface area contributed by atoms with Crippen molar-refractivity contribution in [1.82, 2.24) is 19.7 Å². The summed E-state index contributed by atoms with van der Waals surface area (Å²) in [5.41, 5.74) is 1.17. The van der Waals surface area contributed by atoms with Crippen molar-refractivity contribution in [3.8, 4) is 0 Å². The van der Waals surface area contributed by atoms with E-state index in [2.05, 4.69) is 47.9 Å². The largest absolute Gasteiger partial charge is 0.368 e. The molecule has 2 aromatic heterocycles. The van der Waals surface area contributed by atoms with Gasteiger partial charge in [0.2, 0.25) is 0 Å². The van der Waals surface area contributed by atoms with Gasteiger partial charge in [-0.2, -0.15) is 0 Å². The number of nitrogens with one attached hydrogen (secondary N) is 1. The normalized spacial score (nSPS) is 10.6. The highest BCUT2D eigenvalue weighted by Gasteiger charge is 2.02. The monoisotopic (exact) mass is 309 g/mol. The van der Waals surface area contributed by atoms with Gasteiger partial charge in [0.15, 0.2) is 0 Å². The van der Waals surface area contributed by atoms with Gasteiger partial charge in [-0.05, 0) is 34.5 Å². The number of anilines is 1. The fourth-order valence-corrected chi connectivity index (χ4v) is 1.90. The van der Waals surface area contributed by atoms with Crippen molar-refractivity contribution in [3.63, 3.8) is 0 Å². The second-order valence-corrected chi connectivity index (χ2v) is 4.89. The van der Waals surface area contributed by atoms with Crippen LogP contribution in [0, 0.1) is 6.92 Å². The SMILES string of the molecule is CCc1nncn1CCNc1cc(C)c(Br)cn1. The molecular formula is C12H16BrN5. The number of aromatic nitrogens is 4. The molecule has 0 saturated carbocycles. The third kappa shape index (κ3) is 3.07. The van der Waals surface area contributed by atoms with Crippen LogP contribution in [0.25, 0.3) is 0 Å². The molecule has 0 atom stereocenters. The third-order valence-electron chi connectivity index (χ3n) is 2.72. The number of pyridine rings is 1. The van der Waals surface area contributed by atoms with E-state index in [-0.39, 0.29) is 0 Å². The quantitative estimate of drug-likeness (QED) is 0.921. The average molecular weight is 310 g/mol. The minimum absolute atomic E-state index is 0.805. The van der Waals surface area contributed by atoms with Crippen LogP contribution in [0.2, 0.25) is 0 Å². The lowest BCUT2D eigenvalue weighted by Crippen LogP contribution is -2.12. The molecule has 1 N–H and O–H groups in total. The molecule has 0 aromatic carbocycles. The summed E-state index contributed by atoms with van der Waals surface area (Å²) in [5.74, 6) is 1.90. The van der Waals surface area contributed by atoms with Crippen LogP contribution in [-0.2, 0) is 13.0 Å². The molecule has 18 heavy (non-hydrogen) atoms. The van der Waals surface area contributed by atoms with Gasteiger partial charge in [0.1, 0.15) is 18.0 Å². The Morgan fingerprint density at radius 1 is 1.44 bits per heavy atom. The summed E-state index contributed by atoms with van der Waals surface area (Å²) in [6.07, 6.45) is 4.48. The zero-order chi connectivity index (χ0) is 13.0. The first-order valence-electron chi connectivity index (χ1n) is 5.93. The number of hydrogen-bond donors (Lipinski definition) is 1. The number of aryl methyl sites for hydroxylation is 2. The fourth-order valence-electron chi connectivity index (χ4n) is 1.68. The highest BCUT2D eigenvalue weighted by molar-refractivity contribution is 9.10. The molecule has 2 heterocycles. The van der Waals surface area contributed by atoms with Crippen LogP contribution in [0.1, 0.15) is 18.3 Å². The lowest BCUT2D eigenvalue weighted by Gasteiger charge is -2.08. The van der Waals surface area contributed by atoms with Crippen LogP contribution in [0.5, 0.6) is 0 Å². The molecule has 0 aliphatic rings. The Balaban J connectivity index is 1.90. The molecule has 0 amide bonds. The van der Waals surface area contributed by atoms with E-state index in [0.29, 0.717) is 0 Å². The zero-order valence-corrected chi connectivity index (χ0v) is 12.1. The average Bonchev–Trinajstić information content (AvgIpc) is 2.81. The molecule has 0 aliphatic heterocycles. The highest BCUT2D eigenvalue weighted by Crippen LogP contribution is 2.16. The lowest BCUT2D eigenvalue weighted by atomic mass is 10.3. The molecular weight excluding hydrogens is 294 g/mol. The van der Waals surface area contributed by atoms with Crippen molar-refractivity contribution in [2.75, 3.05) is 11.9 Å². The predicted octanol–water partition coefficient (Wildman–Crippen LogP) is 2.42. The van der Waals surface area contributed by atoms with E-state index in [4.69, 9.17) is 0 Å². The molecule has 6 heteroatoms. The summed E-state index contributed by atoms with van der Waals surface area (Å²) in [6.45, 7) is 5.77. The summed E-state index contributed by atoms with van der Waals surface area (Å²) in [5, 5.41) is 11.3. The first-order chi connectivity index (χ1) is 8.70. The molecule has 0 saturated heterocycles. The van der Waals surface area contributed by atoms with Gasteiger partial charge in [-0.3, -0.25) is 0 Å². The number of hydrogen-bond acceptors (Lipinski definition) is 4. The van der Waals surface area contributed by atoms with Crippen LogP contribution in [0.3, 0.4) is 0 Å². The number of halogens is 1. The zero-order valence-electron chi connectivity index (χ0n) is 10.5. The minimum atomic E-state index is 0.805. The van der Waals surface area contributed by atoms with E-state index < -0.39 is 0 Å². The summed E-state index contributed by atoms with van der Waals surface area (Å²) in [7, 11) is 0. The van der Waals surface area contributed by atoms with Crippen molar-refractivity contribution in [2.45, 2.75) is 26.8 Å². The fraction of sp³-hybridized carbons (Fsp3) is 0.417. The molecule has 96 valence electrons. The van der Waals surface area contributed by atoms with Gasteiger partial charge >= 0.3 is 0 Å². The molecule has 2 aromatic rings. The molecule has 2 rings (SSSR count). The Morgan fingerprint density at radius 3 is 3.00 bits per heavy atom. The van der Waals surface area contributed by atoms with E-state index in [1.165, 1.54) is 5.56 Å². The van der Waals surface area contributed by atoms with Crippen molar-refractivity contribution < 1.29 is 0 Å².